The first-order valence-corrected chi connectivity index (χ1v) is 9.08. The fourth-order valence-corrected chi connectivity index (χ4v) is 2.86. The van der Waals surface area contributed by atoms with Gasteiger partial charge in [0.05, 0.1) is 0 Å². The lowest BCUT2D eigenvalue weighted by Crippen LogP contribution is -1.90. The Morgan fingerprint density at radius 3 is 1.90 bits per heavy atom. The molecule has 1 aromatic rings. The van der Waals surface area contributed by atoms with Gasteiger partial charge in [-0.25, -0.2) is 0 Å². The second-order valence-electron chi connectivity index (χ2n) is 6.25. The molecule has 1 nitrogen and oxygen atoms in total. The Morgan fingerprint density at radius 2 is 1.33 bits per heavy atom. The van der Waals surface area contributed by atoms with Gasteiger partial charge >= 0.3 is 0 Å². The number of benzene rings is 1. The van der Waals surface area contributed by atoms with E-state index in [9.17, 15) is 5.11 Å². The Kier molecular flexibility index (Phi) is 10.0. The van der Waals surface area contributed by atoms with Gasteiger partial charge < -0.3 is 5.11 Å². The number of aromatic hydroxyl groups is 1. The van der Waals surface area contributed by atoms with Crippen LogP contribution in [0, 0.1) is 0 Å². The van der Waals surface area contributed by atoms with E-state index in [0.717, 1.165) is 18.4 Å². The van der Waals surface area contributed by atoms with Gasteiger partial charge in [-0.2, -0.15) is 0 Å². The quantitative estimate of drug-likeness (QED) is 0.440. The molecule has 21 heavy (non-hydrogen) atoms. The summed E-state index contributed by atoms with van der Waals surface area (Å²) in [4.78, 5) is 0. The van der Waals surface area contributed by atoms with Crippen LogP contribution in [0.4, 0.5) is 0 Å². The topological polar surface area (TPSA) is 20.2 Å². The Morgan fingerprint density at radius 1 is 0.762 bits per heavy atom. The van der Waals surface area contributed by atoms with Crippen molar-refractivity contribution in [2.45, 2.75) is 90.9 Å². The van der Waals surface area contributed by atoms with Gasteiger partial charge in [-0.1, -0.05) is 83.8 Å². The molecule has 0 saturated heterocycles. The molecule has 0 saturated carbocycles. The number of rotatable bonds is 12. The summed E-state index contributed by atoms with van der Waals surface area (Å²) in [5.74, 6) is 0.475. The van der Waals surface area contributed by atoms with Crippen molar-refractivity contribution in [2.24, 2.45) is 0 Å². The molecular formula is C20H34O. The Hall–Kier alpha value is -0.980. The number of hydrogen-bond donors (Lipinski definition) is 1. The normalized spacial score (nSPS) is 11.0. The molecule has 0 atom stereocenters. The van der Waals surface area contributed by atoms with Crippen LogP contribution < -0.4 is 0 Å². The average Bonchev–Trinajstić information content (AvgIpc) is 2.51. The average molecular weight is 290 g/mol. The smallest absolute Gasteiger partial charge is 0.118 e. The highest BCUT2D eigenvalue weighted by atomic mass is 16.3. The first kappa shape index (κ1) is 18.1. The predicted octanol–water partition coefficient (Wildman–Crippen LogP) is 6.42. The fourth-order valence-electron chi connectivity index (χ4n) is 2.86. The van der Waals surface area contributed by atoms with Crippen molar-refractivity contribution in [3.63, 3.8) is 0 Å². The number of phenols is 1. The van der Waals surface area contributed by atoms with Crippen LogP contribution in [-0.2, 0) is 12.8 Å². The second kappa shape index (κ2) is 11.7. The first-order chi connectivity index (χ1) is 10.3. The highest BCUT2D eigenvalue weighted by Gasteiger charge is 2.02. The fraction of sp³-hybridized carbons (Fsp3) is 0.700. The molecule has 0 aliphatic rings. The van der Waals surface area contributed by atoms with Crippen LogP contribution in [0.15, 0.2) is 18.2 Å². The zero-order valence-corrected chi connectivity index (χ0v) is 14.2. The number of phenolic OH excluding ortho intramolecular Hbond substituents is 1. The summed E-state index contributed by atoms with van der Waals surface area (Å²) >= 11 is 0. The summed E-state index contributed by atoms with van der Waals surface area (Å²) < 4.78 is 0. The van der Waals surface area contributed by atoms with Crippen LogP contribution in [-0.4, -0.2) is 5.11 Å². The Labute approximate surface area is 131 Å². The summed E-state index contributed by atoms with van der Waals surface area (Å²) in [5.41, 5.74) is 2.46. The van der Waals surface area contributed by atoms with Crippen LogP contribution in [0.1, 0.15) is 89.2 Å². The van der Waals surface area contributed by atoms with Crippen molar-refractivity contribution in [3.8, 4) is 5.75 Å². The van der Waals surface area contributed by atoms with E-state index in [4.69, 9.17) is 0 Å². The van der Waals surface area contributed by atoms with Crippen LogP contribution in [0.5, 0.6) is 5.75 Å². The van der Waals surface area contributed by atoms with Gasteiger partial charge in [-0.3, -0.25) is 0 Å². The lowest BCUT2D eigenvalue weighted by atomic mass is 10.0. The Balaban J connectivity index is 2.04. The Bertz CT molecular complexity index is 370. The highest BCUT2D eigenvalue weighted by Crippen LogP contribution is 2.21. The van der Waals surface area contributed by atoms with E-state index in [1.165, 1.54) is 69.8 Å². The maximum absolute atomic E-state index is 9.87. The van der Waals surface area contributed by atoms with Gasteiger partial charge in [0, 0.05) is 0 Å². The minimum absolute atomic E-state index is 0.475. The van der Waals surface area contributed by atoms with Gasteiger partial charge in [-0.05, 0) is 36.5 Å². The summed E-state index contributed by atoms with van der Waals surface area (Å²) in [5, 5.41) is 9.87. The first-order valence-electron chi connectivity index (χ1n) is 9.08. The standard InChI is InChI=1S/C20H34O/c1-3-5-6-7-8-9-10-11-12-13-14-19-17-18(4-2)15-16-20(19)21/h15-17,21H,3-14H2,1-2H3. The van der Waals surface area contributed by atoms with Gasteiger partial charge in [-0.15, -0.1) is 0 Å². The summed E-state index contributed by atoms with van der Waals surface area (Å²) in [7, 11) is 0. The molecule has 1 N–H and O–H groups in total. The van der Waals surface area contributed by atoms with Crippen molar-refractivity contribution in [1.82, 2.24) is 0 Å². The molecule has 120 valence electrons. The summed E-state index contributed by atoms with van der Waals surface area (Å²) in [6.45, 7) is 4.44. The molecule has 0 spiro atoms. The minimum Gasteiger partial charge on any atom is -0.508 e. The molecular weight excluding hydrogens is 256 g/mol. The number of unbranched alkanes of at least 4 members (excludes halogenated alkanes) is 9. The maximum atomic E-state index is 9.87. The molecule has 0 fully saturated rings. The second-order valence-corrected chi connectivity index (χ2v) is 6.25. The third kappa shape index (κ3) is 8.14. The van der Waals surface area contributed by atoms with Crippen molar-refractivity contribution in [3.05, 3.63) is 29.3 Å². The molecule has 1 aromatic carbocycles. The zero-order valence-electron chi connectivity index (χ0n) is 14.2. The molecule has 0 heterocycles. The van der Waals surface area contributed by atoms with E-state index in [1.54, 1.807) is 0 Å². The summed E-state index contributed by atoms with van der Waals surface area (Å²) in [6.07, 6.45) is 15.7. The lowest BCUT2D eigenvalue weighted by molar-refractivity contribution is 0.465. The predicted molar refractivity (Wildman–Crippen MR) is 93.0 cm³/mol. The van der Waals surface area contributed by atoms with E-state index in [-0.39, 0.29) is 0 Å². The maximum Gasteiger partial charge on any atom is 0.118 e. The van der Waals surface area contributed by atoms with Crippen LogP contribution in [0.3, 0.4) is 0 Å². The molecule has 0 radical (unpaired) electrons. The molecule has 1 heteroatoms. The minimum atomic E-state index is 0.475. The van der Waals surface area contributed by atoms with Crippen LogP contribution in [0.25, 0.3) is 0 Å². The van der Waals surface area contributed by atoms with Crippen molar-refractivity contribution in [2.75, 3.05) is 0 Å². The lowest BCUT2D eigenvalue weighted by Gasteiger charge is -2.07. The molecule has 0 aromatic heterocycles. The largest absolute Gasteiger partial charge is 0.508 e. The van der Waals surface area contributed by atoms with E-state index >= 15 is 0 Å². The van der Waals surface area contributed by atoms with Crippen molar-refractivity contribution in [1.29, 1.82) is 0 Å². The molecule has 0 amide bonds. The van der Waals surface area contributed by atoms with Crippen LogP contribution >= 0.6 is 0 Å². The molecule has 0 unspecified atom stereocenters. The van der Waals surface area contributed by atoms with Gasteiger partial charge in [0.25, 0.3) is 0 Å². The van der Waals surface area contributed by atoms with Crippen LogP contribution in [0.2, 0.25) is 0 Å². The number of aryl methyl sites for hydroxylation is 2. The molecule has 1 rings (SSSR count). The van der Waals surface area contributed by atoms with E-state index in [2.05, 4.69) is 19.9 Å². The molecule has 0 aliphatic heterocycles. The monoisotopic (exact) mass is 290 g/mol. The van der Waals surface area contributed by atoms with Crippen molar-refractivity contribution < 1.29 is 5.11 Å². The SMILES string of the molecule is CCCCCCCCCCCCc1cc(CC)ccc1O. The third-order valence-electron chi connectivity index (χ3n) is 4.35. The zero-order chi connectivity index (χ0) is 15.3. The molecule has 0 aliphatic carbocycles. The highest BCUT2D eigenvalue weighted by molar-refractivity contribution is 5.36. The van der Waals surface area contributed by atoms with E-state index < -0.39 is 0 Å². The van der Waals surface area contributed by atoms with E-state index in [0.29, 0.717) is 5.75 Å². The van der Waals surface area contributed by atoms with E-state index in [1.807, 2.05) is 12.1 Å². The summed E-state index contributed by atoms with van der Waals surface area (Å²) in [6, 6.07) is 6.05. The molecule has 0 bridgehead atoms. The van der Waals surface area contributed by atoms with Crippen molar-refractivity contribution >= 4 is 0 Å². The third-order valence-corrected chi connectivity index (χ3v) is 4.35. The van der Waals surface area contributed by atoms with Gasteiger partial charge in [0.2, 0.25) is 0 Å². The van der Waals surface area contributed by atoms with Gasteiger partial charge in [0.15, 0.2) is 0 Å². The number of hydrogen-bond acceptors (Lipinski definition) is 1. The van der Waals surface area contributed by atoms with Gasteiger partial charge in [0.1, 0.15) is 5.75 Å².